The summed E-state index contributed by atoms with van der Waals surface area (Å²) in [7, 11) is 2.03. The lowest BCUT2D eigenvalue weighted by Crippen LogP contribution is -2.74. The Morgan fingerprint density at radius 3 is 2.43 bits per heavy atom. The lowest BCUT2D eigenvalue weighted by molar-refractivity contribution is -0.175. The van der Waals surface area contributed by atoms with Gasteiger partial charge >= 0.3 is 11.9 Å². The van der Waals surface area contributed by atoms with Gasteiger partial charge in [-0.2, -0.15) is 0 Å². The van der Waals surface area contributed by atoms with Crippen LogP contribution in [0, 0.1) is 0 Å². The molecule has 2 bridgehead atoms. The van der Waals surface area contributed by atoms with Crippen molar-refractivity contribution in [3.63, 3.8) is 0 Å². The van der Waals surface area contributed by atoms with Crippen molar-refractivity contribution in [3.05, 3.63) is 47.2 Å². The van der Waals surface area contributed by atoms with Crippen LogP contribution < -0.4 is 4.74 Å². The van der Waals surface area contributed by atoms with Crippen molar-refractivity contribution in [2.24, 2.45) is 0 Å². The number of rotatable bonds is 18. The van der Waals surface area contributed by atoms with E-state index in [4.69, 9.17) is 14.2 Å². The van der Waals surface area contributed by atoms with E-state index in [0.717, 1.165) is 49.8 Å². The highest BCUT2D eigenvalue weighted by atomic mass is 16.6. The first-order valence-corrected chi connectivity index (χ1v) is 17.9. The van der Waals surface area contributed by atoms with Crippen LogP contribution in [-0.4, -0.2) is 64.5 Å². The number of esters is 2. The van der Waals surface area contributed by atoms with Gasteiger partial charge in [0.25, 0.3) is 0 Å². The molecule has 0 radical (unpaired) electrons. The average molecular weight is 638 g/mol. The van der Waals surface area contributed by atoms with Gasteiger partial charge in [-0.15, -0.1) is 0 Å². The van der Waals surface area contributed by atoms with E-state index in [0.29, 0.717) is 30.8 Å². The monoisotopic (exact) mass is 637 g/mol. The summed E-state index contributed by atoms with van der Waals surface area (Å²) in [6, 6.07) is 3.42. The maximum absolute atomic E-state index is 13.1. The molecule has 2 heterocycles. The number of likely N-dealkylation sites (tertiary alicyclic amines) is 1. The van der Waals surface area contributed by atoms with E-state index in [1.54, 1.807) is 12.1 Å². The second kappa shape index (κ2) is 15.4. The number of phenols is 1. The van der Waals surface area contributed by atoms with Gasteiger partial charge in [-0.25, -0.2) is 4.79 Å². The molecule has 4 aliphatic rings. The van der Waals surface area contributed by atoms with Gasteiger partial charge in [0.2, 0.25) is 0 Å². The number of carbonyl (C=O) groups excluding carboxylic acids is 2. The Morgan fingerprint density at radius 1 is 1.04 bits per heavy atom. The van der Waals surface area contributed by atoms with E-state index in [9.17, 15) is 19.8 Å². The SMILES string of the molecule is CCCCCCCCC=CCCCCCCCC(=O)O[C@@H](C)C(=O)OC1=CC[C@]2(O)C3Cc4ccc(O)c5c4[C@@]2(CCN3C)[C@H]1O5. The van der Waals surface area contributed by atoms with Crippen molar-refractivity contribution in [2.75, 3.05) is 13.6 Å². The summed E-state index contributed by atoms with van der Waals surface area (Å²) in [4.78, 5) is 27.8. The number of carbonyl (C=O) groups is 2. The van der Waals surface area contributed by atoms with Gasteiger partial charge in [0, 0.05) is 24.4 Å². The van der Waals surface area contributed by atoms with E-state index in [1.807, 2.05) is 13.1 Å². The van der Waals surface area contributed by atoms with Crippen molar-refractivity contribution >= 4 is 11.9 Å². The van der Waals surface area contributed by atoms with Crippen LogP contribution in [0.25, 0.3) is 0 Å². The largest absolute Gasteiger partial charge is 0.504 e. The van der Waals surface area contributed by atoms with Gasteiger partial charge in [-0.1, -0.05) is 76.5 Å². The van der Waals surface area contributed by atoms with Gasteiger partial charge in [0.05, 0.1) is 11.0 Å². The number of hydrogen-bond acceptors (Lipinski definition) is 8. The number of phenolic OH excluding ortho intramolecular Hbond substituents is 1. The van der Waals surface area contributed by atoms with Crippen LogP contribution in [0.2, 0.25) is 0 Å². The molecule has 1 aromatic carbocycles. The first kappa shape index (κ1) is 34.5. The minimum absolute atomic E-state index is 0.0193. The van der Waals surface area contributed by atoms with Crippen molar-refractivity contribution in [3.8, 4) is 11.5 Å². The maximum Gasteiger partial charge on any atom is 0.352 e. The van der Waals surface area contributed by atoms with Crippen molar-refractivity contribution in [2.45, 2.75) is 152 Å². The van der Waals surface area contributed by atoms with Crippen LogP contribution >= 0.6 is 0 Å². The highest BCUT2D eigenvalue weighted by Crippen LogP contribution is 2.65. The van der Waals surface area contributed by atoms with Crippen LogP contribution in [-0.2, 0) is 30.9 Å². The molecular formula is C38H55NO7. The molecule has 254 valence electrons. The summed E-state index contributed by atoms with van der Waals surface area (Å²) in [6.45, 7) is 4.52. The first-order chi connectivity index (χ1) is 22.2. The smallest absolute Gasteiger partial charge is 0.352 e. The quantitative estimate of drug-likeness (QED) is 0.0991. The molecule has 8 nitrogen and oxygen atoms in total. The molecule has 1 spiro atoms. The zero-order valence-electron chi connectivity index (χ0n) is 28.2. The Labute approximate surface area is 275 Å². The molecule has 1 saturated heterocycles. The summed E-state index contributed by atoms with van der Waals surface area (Å²) in [6.07, 6.45) is 21.8. The van der Waals surface area contributed by atoms with E-state index >= 15 is 0 Å². The molecule has 2 N–H and O–H groups in total. The predicted octanol–water partition coefficient (Wildman–Crippen LogP) is 7.18. The third-order valence-corrected chi connectivity index (χ3v) is 10.9. The Bertz CT molecular complexity index is 1290. The number of benzene rings is 1. The minimum atomic E-state index is -1.13. The van der Waals surface area contributed by atoms with Gasteiger partial charge in [-0.3, -0.25) is 4.79 Å². The molecule has 1 aromatic rings. The molecule has 0 amide bonds. The van der Waals surface area contributed by atoms with Crippen molar-refractivity contribution in [1.29, 1.82) is 0 Å². The van der Waals surface area contributed by atoms with Gasteiger partial charge in [0.1, 0.15) is 5.76 Å². The number of piperidine rings is 1. The number of hydrogen-bond donors (Lipinski definition) is 2. The molecule has 5 rings (SSSR count). The zero-order valence-corrected chi connectivity index (χ0v) is 28.2. The standard InChI is InChI=1S/C38H55NO7/c1-4-5-6-7-8-9-10-11-12-13-14-15-16-17-18-19-32(41)44-27(2)36(42)45-30-22-23-38(43)31-26-28-20-21-29(40)34-33(28)37(38,35(30)46-34)24-25-39(31)3/h11-12,20-22,27,31,35,40,43H,4-10,13-19,23-26H2,1-3H3/t27-,31?,35-,37-,38-/m0/s1. The van der Waals surface area contributed by atoms with Crippen molar-refractivity contribution in [1.82, 2.24) is 4.90 Å². The first-order valence-electron chi connectivity index (χ1n) is 17.9. The summed E-state index contributed by atoms with van der Waals surface area (Å²) in [5.74, 6) is -0.382. The predicted molar refractivity (Wildman–Crippen MR) is 178 cm³/mol. The Kier molecular flexibility index (Phi) is 11.5. The van der Waals surface area contributed by atoms with Crippen LogP contribution in [0.4, 0.5) is 0 Å². The molecule has 0 saturated carbocycles. The lowest BCUT2D eigenvalue weighted by atomic mass is 9.50. The van der Waals surface area contributed by atoms with E-state index in [-0.39, 0.29) is 18.2 Å². The summed E-state index contributed by atoms with van der Waals surface area (Å²) in [5, 5.41) is 22.9. The summed E-state index contributed by atoms with van der Waals surface area (Å²) >= 11 is 0. The third-order valence-electron chi connectivity index (χ3n) is 10.9. The van der Waals surface area contributed by atoms with E-state index in [2.05, 4.69) is 24.0 Å². The number of unbranched alkanes of at least 4 members (excludes halogenated alkanes) is 11. The molecule has 8 heteroatoms. The highest BCUT2D eigenvalue weighted by molar-refractivity contribution is 5.80. The fourth-order valence-corrected chi connectivity index (χ4v) is 8.28. The second-order valence-electron chi connectivity index (χ2n) is 14.0. The molecule has 46 heavy (non-hydrogen) atoms. The number of aliphatic hydroxyl groups is 1. The fourth-order valence-electron chi connectivity index (χ4n) is 8.28. The molecule has 1 unspecified atom stereocenters. The molecule has 5 atom stereocenters. The van der Waals surface area contributed by atoms with Gasteiger partial charge in [-0.05, 0) is 83.2 Å². The van der Waals surface area contributed by atoms with E-state index in [1.165, 1.54) is 58.3 Å². The Morgan fingerprint density at radius 2 is 1.72 bits per heavy atom. The van der Waals surface area contributed by atoms with Crippen LogP contribution in [0.15, 0.2) is 36.1 Å². The Hall–Kier alpha value is -2.84. The lowest BCUT2D eigenvalue weighted by Gasteiger charge is -2.61. The molecule has 1 fully saturated rings. The van der Waals surface area contributed by atoms with Crippen LogP contribution in [0.3, 0.4) is 0 Å². The third kappa shape index (κ3) is 6.89. The number of likely N-dealkylation sites (N-methyl/N-ethyl adjacent to an activating group) is 1. The Balaban J connectivity index is 1.03. The number of nitrogens with zero attached hydrogens (tertiary/aromatic N) is 1. The zero-order chi connectivity index (χ0) is 32.7. The van der Waals surface area contributed by atoms with Crippen LogP contribution in [0.1, 0.15) is 128 Å². The molecule has 0 aromatic heterocycles. The topological polar surface area (TPSA) is 106 Å². The number of allylic oxidation sites excluding steroid dienone is 2. The summed E-state index contributed by atoms with van der Waals surface area (Å²) < 4.78 is 17.6. The minimum Gasteiger partial charge on any atom is -0.504 e. The maximum atomic E-state index is 13.1. The van der Waals surface area contributed by atoms with Crippen molar-refractivity contribution < 1.29 is 34.0 Å². The summed E-state index contributed by atoms with van der Waals surface area (Å²) in [5.41, 5.74) is -0.0818. The fraction of sp³-hybridized carbons (Fsp3) is 0.684. The molecule has 2 aliphatic carbocycles. The van der Waals surface area contributed by atoms with E-state index < -0.39 is 35.2 Å². The van der Waals surface area contributed by atoms with Gasteiger partial charge in [0.15, 0.2) is 23.7 Å². The average Bonchev–Trinajstić information content (AvgIpc) is 3.40. The highest BCUT2D eigenvalue weighted by Gasteiger charge is 2.72. The molecule has 2 aliphatic heterocycles. The van der Waals surface area contributed by atoms with Crippen LogP contribution in [0.5, 0.6) is 11.5 Å². The number of aromatic hydroxyl groups is 1. The molecular weight excluding hydrogens is 582 g/mol. The number of ether oxygens (including phenoxy) is 3. The van der Waals surface area contributed by atoms with Gasteiger partial charge < -0.3 is 29.3 Å². The normalized spacial score (nSPS) is 26.7. The second-order valence-corrected chi connectivity index (χ2v) is 14.0.